The van der Waals surface area contributed by atoms with E-state index in [2.05, 4.69) is 25.7 Å². The van der Waals surface area contributed by atoms with Crippen LogP contribution in [-0.4, -0.2) is 11.3 Å². The molecule has 0 saturated heterocycles. The average Bonchev–Trinajstić information content (AvgIpc) is 1.96. The van der Waals surface area contributed by atoms with Crippen molar-refractivity contribution in [2.24, 2.45) is 0 Å². The highest BCUT2D eigenvalue weighted by molar-refractivity contribution is 9.10. The van der Waals surface area contributed by atoms with Gasteiger partial charge in [0.1, 0.15) is 10.4 Å². The molecule has 6 heteroatoms. The Hall–Kier alpha value is -0.780. The summed E-state index contributed by atoms with van der Waals surface area (Å²) in [5, 5.41) is 0. The minimum Gasteiger partial charge on any atom is -0.405 e. The molecule has 1 aromatic rings. The summed E-state index contributed by atoms with van der Waals surface area (Å²) in [4.78, 5) is 3.74. The van der Waals surface area contributed by atoms with Crippen molar-refractivity contribution in [3.63, 3.8) is 0 Å². The van der Waals surface area contributed by atoms with Gasteiger partial charge in [0.15, 0.2) is 0 Å². The molecule has 0 radical (unpaired) electrons. The quantitative estimate of drug-likeness (QED) is 0.720. The van der Waals surface area contributed by atoms with Crippen molar-refractivity contribution < 1.29 is 17.9 Å². The molecule has 0 aliphatic rings. The Balaban J connectivity index is 2.96. The zero-order chi connectivity index (χ0) is 10.1. The van der Waals surface area contributed by atoms with E-state index in [0.717, 1.165) is 6.07 Å². The Labute approximate surface area is 80.9 Å². The molecule has 1 rings (SSSR count). The molecule has 0 spiro atoms. The molecule has 2 nitrogen and oxygen atoms in total. The smallest absolute Gasteiger partial charge is 0.405 e. The molecule has 0 unspecified atom stereocenters. The lowest BCUT2D eigenvalue weighted by Crippen LogP contribution is -2.17. The van der Waals surface area contributed by atoms with E-state index in [0.29, 0.717) is 10.2 Å². The van der Waals surface area contributed by atoms with Crippen LogP contribution >= 0.6 is 15.9 Å². The molecule has 0 fully saturated rings. The van der Waals surface area contributed by atoms with Crippen molar-refractivity contribution in [1.29, 1.82) is 0 Å². The molecule has 0 aliphatic carbocycles. The third kappa shape index (κ3) is 2.87. The van der Waals surface area contributed by atoms with Gasteiger partial charge >= 0.3 is 6.36 Å². The van der Waals surface area contributed by atoms with Gasteiger partial charge in [0.2, 0.25) is 0 Å². The van der Waals surface area contributed by atoms with Crippen LogP contribution in [0.3, 0.4) is 0 Å². The lowest BCUT2D eigenvalue weighted by molar-refractivity contribution is -0.274. The van der Waals surface area contributed by atoms with E-state index in [4.69, 9.17) is 0 Å². The van der Waals surface area contributed by atoms with Gasteiger partial charge in [0, 0.05) is 11.8 Å². The maximum atomic E-state index is 11.8. The van der Waals surface area contributed by atoms with Gasteiger partial charge < -0.3 is 4.74 Å². The monoisotopic (exact) mass is 255 g/mol. The molecule has 0 aliphatic heterocycles. The topological polar surface area (TPSA) is 22.1 Å². The lowest BCUT2D eigenvalue weighted by Gasteiger charge is -2.11. The number of halogens is 4. The molecular formula is C7H5BrF3NO. The van der Waals surface area contributed by atoms with Crippen molar-refractivity contribution in [3.05, 3.63) is 22.4 Å². The molecule has 1 heterocycles. The molecule has 0 bridgehead atoms. The van der Waals surface area contributed by atoms with Crippen molar-refractivity contribution in [3.8, 4) is 5.75 Å². The molecule has 13 heavy (non-hydrogen) atoms. The molecule has 72 valence electrons. The Morgan fingerprint density at radius 1 is 1.46 bits per heavy atom. The summed E-state index contributed by atoms with van der Waals surface area (Å²) in [5.74, 6) is -0.241. The van der Waals surface area contributed by atoms with E-state index < -0.39 is 6.36 Å². The van der Waals surface area contributed by atoms with E-state index in [1.54, 1.807) is 0 Å². The van der Waals surface area contributed by atoms with Crippen LogP contribution in [0.15, 0.2) is 16.9 Å². The fourth-order valence-corrected chi connectivity index (χ4v) is 1.04. The number of rotatable bonds is 1. The van der Waals surface area contributed by atoms with E-state index in [9.17, 15) is 13.2 Å². The summed E-state index contributed by atoms with van der Waals surface area (Å²) in [6.07, 6.45) is -3.43. The Morgan fingerprint density at radius 2 is 2.08 bits per heavy atom. The van der Waals surface area contributed by atoms with Crippen LogP contribution in [0.4, 0.5) is 13.2 Å². The summed E-state index contributed by atoms with van der Waals surface area (Å²) < 4.78 is 39.5. The zero-order valence-corrected chi connectivity index (χ0v) is 8.11. The number of pyridine rings is 1. The van der Waals surface area contributed by atoms with Gasteiger partial charge in [-0.05, 0) is 28.9 Å². The van der Waals surface area contributed by atoms with E-state index >= 15 is 0 Å². The van der Waals surface area contributed by atoms with E-state index in [1.807, 2.05) is 0 Å². The van der Waals surface area contributed by atoms with E-state index in [-0.39, 0.29) is 5.75 Å². The number of nitrogens with zero attached hydrogens (tertiary/aromatic N) is 1. The van der Waals surface area contributed by atoms with Crippen LogP contribution < -0.4 is 4.74 Å². The second-order valence-electron chi connectivity index (χ2n) is 2.27. The van der Waals surface area contributed by atoms with Crippen molar-refractivity contribution >= 4 is 15.9 Å². The van der Waals surface area contributed by atoms with Gasteiger partial charge in [0.25, 0.3) is 0 Å². The first-order chi connectivity index (χ1) is 5.90. The first-order valence-corrected chi connectivity index (χ1v) is 4.06. The average molecular weight is 256 g/mol. The standard InChI is InChI=1S/C7H5BrF3NO/c1-4-5(13-7(9,10)11)2-3-12-6(4)8/h2-3H,1H3. The summed E-state index contributed by atoms with van der Waals surface area (Å²) >= 11 is 3.00. The summed E-state index contributed by atoms with van der Waals surface area (Å²) in [6, 6.07) is 1.16. The SMILES string of the molecule is Cc1c(OC(F)(F)F)ccnc1Br. The number of hydrogen-bond acceptors (Lipinski definition) is 2. The molecule has 0 saturated carbocycles. The van der Waals surface area contributed by atoms with Crippen LogP contribution in [0.5, 0.6) is 5.75 Å². The van der Waals surface area contributed by atoms with Gasteiger partial charge in [-0.25, -0.2) is 4.98 Å². The third-order valence-corrected chi connectivity index (χ3v) is 2.12. The second kappa shape index (κ2) is 3.53. The Morgan fingerprint density at radius 3 is 2.62 bits per heavy atom. The Kier molecular flexibility index (Phi) is 2.80. The number of alkyl halides is 3. The van der Waals surface area contributed by atoms with Crippen LogP contribution in [0.1, 0.15) is 5.56 Å². The number of ether oxygens (including phenoxy) is 1. The van der Waals surface area contributed by atoms with Crippen molar-refractivity contribution in [2.75, 3.05) is 0 Å². The van der Waals surface area contributed by atoms with Crippen molar-refractivity contribution in [1.82, 2.24) is 4.98 Å². The molecule has 0 N–H and O–H groups in total. The molecule has 0 amide bonds. The highest BCUT2D eigenvalue weighted by atomic mass is 79.9. The number of aromatic nitrogens is 1. The van der Waals surface area contributed by atoms with Crippen LogP contribution in [-0.2, 0) is 0 Å². The minimum absolute atomic E-state index is 0.241. The van der Waals surface area contributed by atoms with Gasteiger partial charge in [-0.15, -0.1) is 13.2 Å². The summed E-state index contributed by atoms with van der Waals surface area (Å²) in [7, 11) is 0. The maximum absolute atomic E-state index is 11.8. The highest BCUT2D eigenvalue weighted by Gasteiger charge is 2.31. The first kappa shape index (κ1) is 10.3. The second-order valence-corrected chi connectivity index (χ2v) is 3.02. The zero-order valence-electron chi connectivity index (χ0n) is 6.52. The predicted molar refractivity (Wildman–Crippen MR) is 43.4 cm³/mol. The van der Waals surface area contributed by atoms with Gasteiger partial charge in [0.05, 0.1) is 0 Å². The first-order valence-electron chi connectivity index (χ1n) is 3.27. The molecule has 0 atom stereocenters. The molecular weight excluding hydrogens is 251 g/mol. The predicted octanol–water partition coefficient (Wildman–Crippen LogP) is 3.05. The fourth-order valence-electron chi connectivity index (χ4n) is 0.729. The van der Waals surface area contributed by atoms with Crippen LogP contribution in [0, 0.1) is 6.92 Å². The molecule has 1 aromatic heterocycles. The fraction of sp³-hybridized carbons (Fsp3) is 0.286. The maximum Gasteiger partial charge on any atom is 0.573 e. The largest absolute Gasteiger partial charge is 0.573 e. The minimum atomic E-state index is -4.66. The normalized spacial score (nSPS) is 11.5. The van der Waals surface area contributed by atoms with Gasteiger partial charge in [-0.2, -0.15) is 0 Å². The van der Waals surface area contributed by atoms with Crippen molar-refractivity contribution in [2.45, 2.75) is 13.3 Å². The summed E-state index contributed by atoms with van der Waals surface area (Å²) in [6.45, 7) is 1.48. The van der Waals surface area contributed by atoms with Gasteiger partial charge in [-0.1, -0.05) is 0 Å². The van der Waals surface area contributed by atoms with Crippen LogP contribution in [0.2, 0.25) is 0 Å². The third-order valence-electron chi connectivity index (χ3n) is 1.32. The Bertz CT molecular complexity index is 313. The molecule has 0 aromatic carbocycles. The highest BCUT2D eigenvalue weighted by Crippen LogP contribution is 2.28. The lowest BCUT2D eigenvalue weighted by atomic mass is 10.3. The van der Waals surface area contributed by atoms with Crippen LogP contribution in [0.25, 0.3) is 0 Å². The number of hydrogen-bond donors (Lipinski definition) is 0. The van der Waals surface area contributed by atoms with E-state index in [1.165, 1.54) is 13.1 Å². The summed E-state index contributed by atoms with van der Waals surface area (Å²) in [5.41, 5.74) is 0.319. The van der Waals surface area contributed by atoms with Gasteiger partial charge in [-0.3, -0.25) is 0 Å².